The number of benzene rings is 3. The van der Waals surface area contributed by atoms with E-state index in [4.69, 9.17) is 4.74 Å². The van der Waals surface area contributed by atoms with Crippen LogP contribution in [0.15, 0.2) is 71.6 Å². The van der Waals surface area contributed by atoms with E-state index in [9.17, 15) is 18.0 Å². The Morgan fingerprint density at radius 1 is 0.971 bits per heavy atom. The van der Waals surface area contributed by atoms with E-state index >= 15 is 0 Å². The van der Waals surface area contributed by atoms with Crippen molar-refractivity contribution in [2.24, 2.45) is 0 Å². The molecule has 9 heteroatoms. The van der Waals surface area contributed by atoms with Gasteiger partial charge in [-0.15, -0.1) is 0 Å². The summed E-state index contributed by atoms with van der Waals surface area (Å²) in [4.78, 5) is 25.4. The number of amides is 2. The molecule has 0 saturated heterocycles. The van der Waals surface area contributed by atoms with E-state index in [0.717, 1.165) is 17.1 Å². The average Bonchev–Trinajstić information content (AvgIpc) is 3.67. The van der Waals surface area contributed by atoms with Crippen LogP contribution in [-0.2, 0) is 10.0 Å². The van der Waals surface area contributed by atoms with Crippen molar-refractivity contribution in [2.75, 3.05) is 23.8 Å². The van der Waals surface area contributed by atoms with Gasteiger partial charge in [-0.1, -0.05) is 24.3 Å². The van der Waals surface area contributed by atoms with E-state index in [1.165, 1.54) is 26.3 Å². The standard InChI is InChI=1S/C26H27N3O5S/c1-17-11-14-21(35(32,33)29(2)23-9-4-5-10-24(23)34-3)16-22(17)26(31)28-20-8-6-7-18(15-20)25(30)27-19-12-13-19/h4-11,14-16,19H,12-13H2,1-3H3,(H,27,30)(H,28,31). The fourth-order valence-electron chi connectivity index (χ4n) is 3.62. The Labute approximate surface area is 205 Å². The number of nitrogens with zero attached hydrogens (tertiary/aromatic N) is 1. The van der Waals surface area contributed by atoms with Crippen molar-refractivity contribution in [2.45, 2.75) is 30.7 Å². The first-order valence-electron chi connectivity index (χ1n) is 11.2. The molecule has 3 aromatic carbocycles. The molecule has 3 aromatic rings. The van der Waals surface area contributed by atoms with E-state index in [1.54, 1.807) is 61.5 Å². The van der Waals surface area contributed by atoms with Crippen LogP contribution in [0.5, 0.6) is 5.75 Å². The number of aryl methyl sites for hydroxylation is 1. The highest BCUT2D eigenvalue weighted by molar-refractivity contribution is 7.92. The Hall–Kier alpha value is -3.85. The van der Waals surface area contributed by atoms with Crippen LogP contribution in [0.1, 0.15) is 39.1 Å². The molecule has 0 atom stereocenters. The van der Waals surface area contributed by atoms with Gasteiger partial charge >= 0.3 is 0 Å². The molecular formula is C26H27N3O5S. The summed E-state index contributed by atoms with van der Waals surface area (Å²) in [5.74, 6) is -0.249. The molecule has 2 amide bonds. The van der Waals surface area contributed by atoms with Gasteiger partial charge in [0.1, 0.15) is 5.75 Å². The minimum absolute atomic E-state index is 0.0285. The first-order valence-corrected chi connectivity index (χ1v) is 12.6. The number of carbonyl (C=O) groups excluding carboxylic acids is 2. The van der Waals surface area contributed by atoms with E-state index < -0.39 is 15.9 Å². The Morgan fingerprint density at radius 2 is 1.71 bits per heavy atom. The maximum atomic E-state index is 13.4. The third kappa shape index (κ3) is 5.30. The van der Waals surface area contributed by atoms with Crippen LogP contribution in [-0.4, -0.2) is 40.4 Å². The van der Waals surface area contributed by atoms with Gasteiger partial charge in [-0.05, 0) is 67.8 Å². The largest absolute Gasteiger partial charge is 0.495 e. The monoisotopic (exact) mass is 493 g/mol. The second-order valence-electron chi connectivity index (χ2n) is 8.40. The molecule has 8 nitrogen and oxygen atoms in total. The van der Waals surface area contributed by atoms with Crippen molar-refractivity contribution in [3.8, 4) is 5.75 Å². The lowest BCUT2D eigenvalue weighted by Crippen LogP contribution is -2.27. The number of ether oxygens (including phenoxy) is 1. The number of sulfonamides is 1. The molecule has 0 heterocycles. The lowest BCUT2D eigenvalue weighted by molar-refractivity contribution is 0.0949. The molecule has 1 aliphatic rings. The number of hydrogen-bond donors (Lipinski definition) is 2. The SMILES string of the molecule is COc1ccccc1N(C)S(=O)(=O)c1ccc(C)c(C(=O)Nc2cccc(C(=O)NC3CC3)c2)c1. The van der Waals surface area contributed by atoms with Crippen LogP contribution in [0.25, 0.3) is 0 Å². The number of para-hydroxylation sites is 2. The number of nitrogens with one attached hydrogen (secondary N) is 2. The van der Waals surface area contributed by atoms with E-state index in [0.29, 0.717) is 28.3 Å². The molecule has 1 aliphatic carbocycles. The molecule has 0 unspecified atom stereocenters. The van der Waals surface area contributed by atoms with Crippen LogP contribution >= 0.6 is 0 Å². The third-order valence-electron chi connectivity index (χ3n) is 5.83. The topological polar surface area (TPSA) is 105 Å². The number of carbonyl (C=O) groups is 2. The van der Waals surface area contributed by atoms with Crippen LogP contribution in [0.4, 0.5) is 11.4 Å². The van der Waals surface area contributed by atoms with Gasteiger partial charge < -0.3 is 15.4 Å². The molecule has 1 saturated carbocycles. The summed E-state index contributed by atoms with van der Waals surface area (Å²) in [5.41, 5.74) is 2.10. The maximum absolute atomic E-state index is 13.4. The lowest BCUT2D eigenvalue weighted by atomic mass is 10.1. The van der Waals surface area contributed by atoms with E-state index in [-0.39, 0.29) is 22.4 Å². The second kappa shape index (κ2) is 9.79. The second-order valence-corrected chi connectivity index (χ2v) is 10.4. The van der Waals surface area contributed by atoms with Gasteiger partial charge in [0.05, 0.1) is 17.7 Å². The third-order valence-corrected chi connectivity index (χ3v) is 7.60. The first kappa shape index (κ1) is 24.3. The van der Waals surface area contributed by atoms with Gasteiger partial charge in [0, 0.05) is 29.9 Å². The molecule has 2 N–H and O–H groups in total. The van der Waals surface area contributed by atoms with E-state index in [1.807, 2.05) is 0 Å². The number of methoxy groups -OCH3 is 1. The zero-order chi connectivity index (χ0) is 25.2. The summed E-state index contributed by atoms with van der Waals surface area (Å²) in [6, 6.07) is 18.1. The predicted octanol–water partition coefficient (Wildman–Crippen LogP) is 3.97. The highest BCUT2D eigenvalue weighted by Crippen LogP contribution is 2.31. The fraction of sp³-hybridized carbons (Fsp3) is 0.231. The average molecular weight is 494 g/mol. The summed E-state index contributed by atoms with van der Waals surface area (Å²) in [5, 5.41) is 5.69. The molecular weight excluding hydrogens is 466 g/mol. The molecule has 0 aromatic heterocycles. The van der Waals surface area contributed by atoms with Crippen molar-refractivity contribution >= 4 is 33.2 Å². The number of hydrogen-bond acceptors (Lipinski definition) is 5. The Balaban J connectivity index is 1.58. The Morgan fingerprint density at radius 3 is 2.43 bits per heavy atom. The molecule has 0 radical (unpaired) electrons. The summed E-state index contributed by atoms with van der Waals surface area (Å²) in [7, 11) is -1.07. The normalized spacial score (nSPS) is 13.1. The maximum Gasteiger partial charge on any atom is 0.264 e. The van der Waals surface area contributed by atoms with Gasteiger partial charge in [0.15, 0.2) is 0 Å². The summed E-state index contributed by atoms with van der Waals surface area (Å²) < 4.78 is 33.1. The molecule has 4 rings (SSSR count). The van der Waals surface area contributed by atoms with Crippen molar-refractivity contribution in [1.82, 2.24) is 5.32 Å². The van der Waals surface area contributed by atoms with Crippen molar-refractivity contribution < 1.29 is 22.7 Å². The minimum Gasteiger partial charge on any atom is -0.495 e. The van der Waals surface area contributed by atoms with Gasteiger partial charge in [0.2, 0.25) is 0 Å². The van der Waals surface area contributed by atoms with Gasteiger partial charge in [0.25, 0.3) is 21.8 Å². The van der Waals surface area contributed by atoms with Crippen molar-refractivity contribution in [3.63, 3.8) is 0 Å². The molecule has 0 aliphatic heterocycles. The van der Waals surface area contributed by atoms with Gasteiger partial charge in [-0.3, -0.25) is 13.9 Å². The van der Waals surface area contributed by atoms with Crippen molar-refractivity contribution in [1.29, 1.82) is 0 Å². The first-order chi connectivity index (χ1) is 16.7. The summed E-state index contributed by atoms with van der Waals surface area (Å²) in [6.45, 7) is 1.73. The van der Waals surface area contributed by atoms with Crippen LogP contribution in [0.3, 0.4) is 0 Å². The summed E-state index contributed by atoms with van der Waals surface area (Å²) >= 11 is 0. The van der Waals surface area contributed by atoms with E-state index in [2.05, 4.69) is 10.6 Å². The number of rotatable bonds is 8. The van der Waals surface area contributed by atoms with Crippen LogP contribution < -0.4 is 19.7 Å². The summed E-state index contributed by atoms with van der Waals surface area (Å²) in [6.07, 6.45) is 1.96. The molecule has 35 heavy (non-hydrogen) atoms. The van der Waals surface area contributed by atoms with Crippen molar-refractivity contribution in [3.05, 3.63) is 83.4 Å². The molecule has 0 spiro atoms. The quantitative estimate of drug-likeness (QED) is 0.494. The van der Waals surface area contributed by atoms with Crippen LogP contribution in [0, 0.1) is 6.92 Å². The fourth-order valence-corrected chi connectivity index (χ4v) is 4.85. The Bertz CT molecular complexity index is 1380. The smallest absolute Gasteiger partial charge is 0.264 e. The zero-order valence-corrected chi connectivity index (χ0v) is 20.6. The molecule has 0 bridgehead atoms. The molecule has 1 fully saturated rings. The van der Waals surface area contributed by atoms with Gasteiger partial charge in [-0.25, -0.2) is 8.42 Å². The molecule has 182 valence electrons. The zero-order valence-electron chi connectivity index (χ0n) is 19.7. The minimum atomic E-state index is -3.97. The van der Waals surface area contributed by atoms with Crippen LogP contribution in [0.2, 0.25) is 0 Å². The highest BCUT2D eigenvalue weighted by atomic mass is 32.2. The number of anilines is 2. The Kier molecular flexibility index (Phi) is 6.79. The lowest BCUT2D eigenvalue weighted by Gasteiger charge is -2.22. The predicted molar refractivity (Wildman–Crippen MR) is 135 cm³/mol. The van der Waals surface area contributed by atoms with Gasteiger partial charge in [-0.2, -0.15) is 0 Å². The highest BCUT2D eigenvalue weighted by Gasteiger charge is 2.26.